The normalized spacial score (nSPS) is 9.27. The van der Waals surface area contributed by atoms with E-state index in [1.165, 1.54) is 4.90 Å². The maximum absolute atomic E-state index is 11.2. The predicted molar refractivity (Wildman–Crippen MR) is 41.1 cm³/mol. The minimum Gasteiger partial charge on any atom is -0.343 e. The Morgan fingerprint density at radius 1 is 1.64 bits per heavy atom. The zero-order chi connectivity index (χ0) is 8.27. The average Bonchev–Trinajstić information content (AvgIpc) is 2.05. The van der Waals surface area contributed by atoms with Gasteiger partial charge >= 0.3 is 0 Å². The Morgan fingerprint density at radius 3 is 2.82 bits per heavy atom. The van der Waals surface area contributed by atoms with Crippen LogP contribution in [0.1, 0.15) is 10.5 Å². The van der Waals surface area contributed by atoms with Crippen molar-refractivity contribution in [3.05, 3.63) is 30.1 Å². The summed E-state index contributed by atoms with van der Waals surface area (Å²) in [5.74, 6) is -0.0955. The molecule has 0 unspecified atom stereocenters. The molecule has 0 saturated heterocycles. The van der Waals surface area contributed by atoms with Crippen LogP contribution in [0.25, 0.3) is 0 Å². The molecule has 11 heavy (non-hydrogen) atoms. The van der Waals surface area contributed by atoms with Crippen LogP contribution in [0.2, 0.25) is 0 Å². The third-order valence-corrected chi connectivity index (χ3v) is 1.23. The fourth-order valence-electron chi connectivity index (χ4n) is 0.671. The summed E-state index contributed by atoms with van der Waals surface area (Å²) in [6.45, 7) is 0. The van der Waals surface area contributed by atoms with Crippen LogP contribution in [0, 0.1) is 6.07 Å². The molecule has 0 fully saturated rings. The lowest BCUT2D eigenvalue weighted by Crippen LogP contribution is -2.22. The molecule has 0 aliphatic rings. The van der Waals surface area contributed by atoms with Gasteiger partial charge in [-0.05, 0) is 18.2 Å². The lowest BCUT2D eigenvalue weighted by atomic mass is 10.3. The Kier molecular flexibility index (Phi) is 2.21. The number of nitrogens with zero attached hydrogens (tertiary/aromatic N) is 2. The summed E-state index contributed by atoms with van der Waals surface area (Å²) in [6.07, 6.45) is 1.55. The van der Waals surface area contributed by atoms with E-state index in [2.05, 4.69) is 11.1 Å². The highest BCUT2D eigenvalue weighted by atomic mass is 16.2. The van der Waals surface area contributed by atoms with Crippen LogP contribution in [-0.4, -0.2) is 29.9 Å². The van der Waals surface area contributed by atoms with Gasteiger partial charge in [-0.15, -0.1) is 0 Å². The third kappa shape index (κ3) is 1.77. The molecular weight excluding hydrogens is 140 g/mol. The van der Waals surface area contributed by atoms with Gasteiger partial charge in [-0.25, -0.2) is 0 Å². The van der Waals surface area contributed by atoms with Crippen molar-refractivity contribution in [1.82, 2.24) is 9.88 Å². The highest BCUT2D eigenvalue weighted by Crippen LogP contribution is 1.95. The van der Waals surface area contributed by atoms with E-state index in [0.717, 1.165) is 0 Å². The Hall–Kier alpha value is -1.38. The molecule has 0 saturated carbocycles. The number of pyridine rings is 1. The number of rotatable bonds is 1. The number of hydrogen-bond acceptors (Lipinski definition) is 2. The van der Waals surface area contributed by atoms with Gasteiger partial charge in [0.05, 0.1) is 0 Å². The van der Waals surface area contributed by atoms with Crippen LogP contribution in [0.4, 0.5) is 0 Å². The predicted octanol–water partition coefficient (Wildman–Crippen LogP) is 0.584. The van der Waals surface area contributed by atoms with Gasteiger partial charge in [0.2, 0.25) is 0 Å². The van der Waals surface area contributed by atoms with Crippen LogP contribution < -0.4 is 0 Å². The van der Waals surface area contributed by atoms with E-state index in [0.29, 0.717) is 5.69 Å². The van der Waals surface area contributed by atoms with E-state index in [1.54, 1.807) is 32.4 Å². The molecule has 0 bridgehead atoms. The minimum absolute atomic E-state index is 0.0955. The first-order valence-corrected chi connectivity index (χ1v) is 3.25. The van der Waals surface area contributed by atoms with Gasteiger partial charge in [0.25, 0.3) is 5.91 Å². The zero-order valence-corrected chi connectivity index (χ0v) is 6.53. The van der Waals surface area contributed by atoms with Crippen molar-refractivity contribution in [3.8, 4) is 0 Å². The second kappa shape index (κ2) is 3.14. The second-order valence-corrected chi connectivity index (χ2v) is 2.34. The van der Waals surface area contributed by atoms with Crippen molar-refractivity contribution in [3.63, 3.8) is 0 Å². The molecule has 0 aliphatic heterocycles. The summed E-state index contributed by atoms with van der Waals surface area (Å²) in [5.41, 5.74) is 0.428. The van der Waals surface area contributed by atoms with Crippen molar-refractivity contribution in [2.24, 2.45) is 0 Å². The van der Waals surface area contributed by atoms with Crippen LogP contribution >= 0.6 is 0 Å². The minimum atomic E-state index is -0.0955. The fraction of sp³-hybridized carbons (Fsp3) is 0.250. The monoisotopic (exact) mass is 149 g/mol. The molecule has 0 spiro atoms. The van der Waals surface area contributed by atoms with E-state index < -0.39 is 0 Å². The quantitative estimate of drug-likeness (QED) is 0.585. The molecular formula is C8H9N2O. The van der Waals surface area contributed by atoms with Crippen molar-refractivity contribution in [1.29, 1.82) is 0 Å². The van der Waals surface area contributed by atoms with Gasteiger partial charge in [0.15, 0.2) is 0 Å². The highest BCUT2D eigenvalue weighted by molar-refractivity contribution is 5.91. The molecule has 0 atom stereocenters. The molecule has 1 heterocycles. The zero-order valence-electron chi connectivity index (χ0n) is 6.53. The van der Waals surface area contributed by atoms with E-state index in [9.17, 15) is 4.79 Å². The number of aromatic nitrogens is 1. The van der Waals surface area contributed by atoms with E-state index in [1.807, 2.05) is 0 Å². The topological polar surface area (TPSA) is 33.2 Å². The van der Waals surface area contributed by atoms with Gasteiger partial charge < -0.3 is 4.90 Å². The molecule has 1 aromatic rings. The van der Waals surface area contributed by atoms with Gasteiger partial charge in [-0.3, -0.25) is 9.78 Å². The maximum Gasteiger partial charge on any atom is 0.271 e. The molecule has 1 aromatic heterocycles. The second-order valence-electron chi connectivity index (χ2n) is 2.34. The Bertz CT molecular complexity index is 244. The highest BCUT2D eigenvalue weighted by Gasteiger charge is 2.06. The number of amides is 1. The summed E-state index contributed by atoms with van der Waals surface area (Å²) in [5, 5.41) is 0. The lowest BCUT2D eigenvalue weighted by Gasteiger charge is -2.07. The fourth-order valence-corrected chi connectivity index (χ4v) is 0.671. The number of carbonyl (C=O) groups is 1. The SMILES string of the molecule is CN(C)C(=O)c1c[c]ccn1. The molecule has 1 radical (unpaired) electrons. The number of carbonyl (C=O) groups excluding carboxylic acids is 1. The summed E-state index contributed by atoms with van der Waals surface area (Å²) in [4.78, 5) is 16.5. The smallest absolute Gasteiger partial charge is 0.271 e. The van der Waals surface area contributed by atoms with Crippen LogP contribution in [-0.2, 0) is 0 Å². The van der Waals surface area contributed by atoms with Crippen molar-refractivity contribution in [2.45, 2.75) is 0 Å². The van der Waals surface area contributed by atoms with E-state index >= 15 is 0 Å². The standard InChI is InChI=1S/C8H9N2O/c1-10(2)8(11)7-5-3-4-6-9-7/h4-6H,1-2H3. The third-order valence-electron chi connectivity index (χ3n) is 1.23. The van der Waals surface area contributed by atoms with Gasteiger partial charge in [0.1, 0.15) is 5.69 Å². The Labute approximate surface area is 65.7 Å². The van der Waals surface area contributed by atoms with Crippen molar-refractivity contribution in [2.75, 3.05) is 14.1 Å². The first-order chi connectivity index (χ1) is 5.22. The molecule has 3 heteroatoms. The van der Waals surface area contributed by atoms with Crippen molar-refractivity contribution >= 4 is 5.91 Å². The first-order valence-electron chi connectivity index (χ1n) is 3.25. The van der Waals surface area contributed by atoms with E-state index in [4.69, 9.17) is 0 Å². The molecule has 1 amide bonds. The molecule has 57 valence electrons. The summed E-state index contributed by atoms with van der Waals surface area (Å²) in [6, 6.07) is 6.02. The van der Waals surface area contributed by atoms with Crippen LogP contribution in [0.15, 0.2) is 18.3 Å². The van der Waals surface area contributed by atoms with Crippen LogP contribution in [0.3, 0.4) is 0 Å². The molecule has 3 nitrogen and oxygen atoms in total. The molecule has 0 aromatic carbocycles. The van der Waals surface area contributed by atoms with Gasteiger partial charge in [0, 0.05) is 20.3 Å². The maximum atomic E-state index is 11.2. The molecule has 0 N–H and O–H groups in total. The summed E-state index contributed by atoms with van der Waals surface area (Å²) < 4.78 is 0. The number of hydrogen-bond donors (Lipinski definition) is 0. The average molecular weight is 149 g/mol. The molecule has 1 rings (SSSR count). The molecule has 0 aliphatic carbocycles. The largest absolute Gasteiger partial charge is 0.343 e. The van der Waals surface area contributed by atoms with Crippen molar-refractivity contribution < 1.29 is 4.79 Å². The summed E-state index contributed by atoms with van der Waals surface area (Å²) in [7, 11) is 3.38. The first kappa shape index (κ1) is 7.72. The van der Waals surface area contributed by atoms with Crippen LogP contribution in [0.5, 0.6) is 0 Å². The lowest BCUT2D eigenvalue weighted by molar-refractivity contribution is 0.0822. The Balaban J connectivity index is 2.86. The van der Waals surface area contributed by atoms with Gasteiger partial charge in [-0.2, -0.15) is 0 Å². The Morgan fingerprint density at radius 2 is 2.36 bits per heavy atom. The van der Waals surface area contributed by atoms with E-state index in [-0.39, 0.29) is 5.91 Å². The summed E-state index contributed by atoms with van der Waals surface area (Å²) >= 11 is 0. The van der Waals surface area contributed by atoms with Gasteiger partial charge in [-0.1, -0.05) is 0 Å².